The molecule has 0 aliphatic carbocycles. The highest BCUT2D eigenvalue weighted by Crippen LogP contribution is 2.32. The zero-order valence-corrected chi connectivity index (χ0v) is 26.4. The molecule has 4 heterocycles. The summed E-state index contributed by atoms with van der Waals surface area (Å²) in [6.07, 6.45) is 3.81. The number of nitrogens with one attached hydrogen (secondary N) is 2. The summed E-state index contributed by atoms with van der Waals surface area (Å²) in [6.45, 7) is 7.06. The molecule has 11 heteroatoms. The van der Waals surface area contributed by atoms with Crippen LogP contribution in [0.1, 0.15) is 50.9 Å². The number of nitrogens with zero attached hydrogens (tertiary/aromatic N) is 5. The average molecular weight is 624 g/mol. The van der Waals surface area contributed by atoms with Crippen LogP contribution in [-0.4, -0.2) is 76.0 Å². The first-order valence-electron chi connectivity index (χ1n) is 15.2. The lowest BCUT2D eigenvalue weighted by Gasteiger charge is -2.41. The lowest BCUT2D eigenvalue weighted by Crippen LogP contribution is -2.48. The Morgan fingerprint density at radius 3 is 2.43 bits per heavy atom. The zero-order valence-electron chi connectivity index (χ0n) is 25.5. The minimum Gasteiger partial charge on any atom is -0.382 e. The van der Waals surface area contributed by atoms with Crippen molar-refractivity contribution in [3.05, 3.63) is 54.0 Å². The first-order valence-corrected chi connectivity index (χ1v) is 16.3. The highest BCUT2D eigenvalue weighted by Gasteiger charge is 2.31. The second-order valence-corrected chi connectivity index (χ2v) is 13.0. The minimum absolute atomic E-state index is 0.232. The molecule has 5 rings (SSSR count). The van der Waals surface area contributed by atoms with Crippen LogP contribution in [0, 0.1) is 23.2 Å². The highest BCUT2D eigenvalue weighted by atomic mass is 32.2. The molecule has 234 valence electrons. The van der Waals surface area contributed by atoms with Crippen LogP contribution < -0.4 is 10.6 Å². The number of hydrogen-bond acceptors (Lipinski definition) is 7. The van der Waals surface area contributed by atoms with Gasteiger partial charge in [-0.05, 0) is 82.0 Å². The fraction of sp³-hybridized carbons (Fsp3) is 0.515. The molecule has 0 atom stereocenters. The van der Waals surface area contributed by atoms with Crippen LogP contribution in [0.25, 0.3) is 10.9 Å². The number of fused-ring (bicyclic) bond motifs is 1. The van der Waals surface area contributed by atoms with E-state index < -0.39 is 18.1 Å². The summed E-state index contributed by atoms with van der Waals surface area (Å²) >= 11 is 1.83. The van der Waals surface area contributed by atoms with Gasteiger partial charge in [0.2, 0.25) is 0 Å². The van der Waals surface area contributed by atoms with E-state index in [1.165, 1.54) is 17.4 Å². The predicted octanol–water partition coefficient (Wildman–Crippen LogP) is 6.48. The molecule has 2 aliphatic rings. The minimum atomic E-state index is -4.38. The Morgan fingerprint density at radius 1 is 1.05 bits per heavy atom. The number of halogens is 3. The van der Waals surface area contributed by atoms with Gasteiger partial charge in [-0.25, -0.2) is 0 Å². The molecule has 0 bridgehead atoms. The van der Waals surface area contributed by atoms with Crippen molar-refractivity contribution >= 4 is 34.2 Å². The maximum atomic E-state index is 13.7. The molecule has 2 saturated heterocycles. The predicted molar refractivity (Wildman–Crippen MR) is 173 cm³/mol. The van der Waals surface area contributed by atoms with Gasteiger partial charge in [-0.15, -0.1) is 0 Å². The lowest BCUT2D eigenvalue weighted by molar-refractivity contribution is -0.140. The third-order valence-electron chi connectivity index (χ3n) is 8.65. The SMILES string of the molecule is CSN1CCC(N2CCC(Nc3cccc4c3cc(C#CCNc3ccc(C(C)(C)C#N)nc3)n4CC(F)(F)F)CC2)CC1. The number of piperidine rings is 2. The lowest BCUT2D eigenvalue weighted by atomic mass is 9.91. The Labute approximate surface area is 262 Å². The van der Waals surface area contributed by atoms with Crippen LogP contribution in [0.4, 0.5) is 24.5 Å². The van der Waals surface area contributed by atoms with Crippen LogP contribution >= 0.6 is 11.9 Å². The van der Waals surface area contributed by atoms with Gasteiger partial charge in [0.25, 0.3) is 0 Å². The quantitative estimate of drug-likeness (QED) is 0.220. The molecule has 0 spiro atoms. The third kappa shape index (κ3) is 7.82. The van der Waals surface area contributed by atoms with Gasteiger partial charge in [0.1, 0.15) is 6.54 Å². The van der Waals surface area contributed by atoms with Crippen LogP contribution in [0.2, 0.25) is 0 Å². The largest absolute Gasteiger partial charge is 0.406 e. The molecule has 0 amide bonds. The number of nitriles is 1. The van der Waals surface area contributed by atoms with E-state index in [0.29, 0.717) is 22.9 Å². The molecule has 2 aliphatic heterocycles. The van der Waals surface area contributed by atoms with E-state index in [1.807, 2.05) is 30.1 Å². The van der Waals surface area contributed by atoms with Crippen molar-refractivity contribution < 1.29 is 13.2 Å². The fourth-order valence-electron chi connectivity index (χ4n) is 6.09. The number of pyridine rings is 1. The molecule has 1 aromatic carbocycles. The summed E-state index contributed by atoms with van der Waals surface area (Å²) in [6, 6.07) is 14.0. The van der Waals surface area contributed by atoms with E-state index in [1.54, 1.807) is 38.2 Å². The van der Waals surface area contributed by atoms with Gasteiger partial charge in [-0.1, -0.05) is 23.9 Å². The second kappa shape index (κ2) is 13.7. The Hall–Kier alpha value is -3.38. The third-order valence-corrected chi connectivity index (χ3v) is 9.53. The van der Waals surface area contributed by atoms with Gasteiger partial charge in [-0.2, -0.15) is 18.4 Å². The Kier molecular flexibility index (Phi) is 9.99. The topological polar surface area (TPSA) is 72.2 Å². The van der Waals surface area contributed by atoms with E-state index in [0.717, 1.165) is 55.8 Å². The number of likely N-dealkylation sites (tertiary alicyclic amines) is 1. The van der Waals surface area contributed by atoms with Gasteiger partial charge in [-0.3, -0.25) is 9.29 Å². The van der Waals surface area contributed by atoms with E-state index in [2.05, 4.69) is 49.0 Å². The van der Waals surface area contributed by atoms with Crippen molar-refractivity contribution in [3.8, 4) is 17.9 Å². The van der Waals surface area contributed by atoms with Gasteiger partial charge >= 0.3 is 6.18 Å². The standard InChI is InChI=1S/C33H40F3N7S/c1-32(2,22-37)31-10-9-25(21-39-31)38-15-5-6-27-20-28-29(7-4-8-30(28)43(27)23-33(34,35)36)40-24-11-16-41(17-12-24)26-13-18-42(44-3)19-14-26/h4,7-10,20-21,24,26,38,40H,11-19,23H2,1-3H3. The summed E-state index contributed by atoms with van der Waals surface area (Å²) in [5.74, 6) is 5.95. The van der Waals surface area contributed by atoms with Crippen LogP contribution in [0.3, 0.4) is 0 Å². The average Bonchev–Trinajstić information content (AvgIpc) is 3.36. The second-order valence-electron chi connectivity index (χ2n) is 12.1. The molecule has 0 radical (unpaired) electrons. The van der Waals surface area contributed by atoms with Crippen molar-refractivity contribution in [1.29, 1.82) is 5.26 Å². The first kappa shape index (κ1) is 32.0. The molecule has 3 aromatic rings. The molecule has 2 fully saturated rings. The van der Waals surface area contributed by atoms with Crippen molar-refractivity contribution in [3.63, 3.8) is 0 Å². The van der Waals surface area contributed by atoms with Crippen molar-refractivity contribution in [1.82, 2.24) is 18.8 Å². The molecule has 2 aromatic heterocycles. The van der Waals surface area contributed by atoms with E-state index >= 15 is 0 Å². The summed E-state index contributed by atoms with van der Waals surface area (Å²) in [5, 5.41) is 16.9. The first-order chi connectivity index (χ1) is 21.1. The molecule has 0 saturated carbocycles. The van der Waals surface area contributed by atoms with E-state index in [9.17, 15) is 18.4 Å². The van der Waals surface area contributed by atoms with Gasteiger partial charge in [0, 0.05) is 49.3 Å². The monoisotopic (exact) mass is 623 g/mol. The van der Waals surface area contributed by atoms with Crippen molar-refractivity contribution in [2.75, 3.05) is 49.6 Å². The Morgan fingerprint density at radius 2 is 1.80 bits per heavy atom. The number of benzene rings is 1. The summed E-state index contributed by atoms with van der Waals surface area (Å²) < 4.78 is 44.6. The Bertz CT molecular complexity index is 1520. The van der Waals surface area contributed by atoms with Gasteiger partial charge in [0.15, 0.2) is 0 Å². The molecule has 44 heavy (non-hydrogen) atoms. The van der Waals surface area contributed by atoms with Gasteiger partial charge < -0.3 is 20.1 Å². The highest BCUT2D eigenvalue weighted by molar-refractivity contribution is 7.96. The summed E-state index contributed by atoms with van der Waals surface area (Å²) in [4.78, 5) is 6.98. The smallest absolute Gasteiger partial charge is 0.382 e. The number of anilines is 2. The fourth-order valence-corrected chi connectivity index (χ4v) is 6.66. The molecular weight excluding hydrogens is 583 g/mol. The molecule has 2 N–H and O–H groups in total. The summed E-state index contributed by atoms with van der Waals surface area (Å²) in [5.41, 5.74) is 2.38. The van der Waals surface area contributed by atoms with Crippen molar-refractivity contribution in [2.45, 2.75) is 69.8 Å². The van der Waals surface area contributed by atoms with E-state index in [-0.39, 0.29) is 12.6 Å². The van der Waals surface area contributed by atoms with Crippen LogP contribution in [-0.2, 0) is 12.0 Å². The number of rotatable bonds is 8. The maximum Gasteiger partial charge on any atom is 0.406 e. The number of hydrogen-bond donors (Lipinski definition) is 2. The number of alkyl halides is 3. The molecular formula is C33H40F3N7S. The normalized spacial score (nSPS) is 17.7. The summed E-state index contributed by atoms with van der Waals surface area (Å²) in [7, 11) is 0. The Balaban J connectivity index is 1.27. The van der Waals surface area contributed by atoms with Crippen LogP contribution in [0.15, 0.2) is 42.6 Å². The van der Waals surface area contributed by atoms with Crippen LogP contribution in [0.5, 0.6) is 0 Å². The molecule has 0 unspecified atom stereocenters. The maximum absolute atomic E-state index is 13.7. The van der Waals surface area contributed by atoms with Crippen molar-refractivity contribution in [2.24, 2.45) is 0 Å². The zero-order chi connectivity index (χ0) is 31.3. The molecule has 7 nitrogen and oxygen atoms in total. The van der Waals surface area contributed by atoms with E-state index in [4.69, 9.17) is 0 Å². The number of aromatic nitrogens is 2. The van der Waals surface area contributed by atoms with Gasteiger partial charge in [0.05, 0.1) is 46.8 Å².